The molecule has 0 saturated carbocycles. The van der Waals surface area contributed by atoms with E-state index in [0.717, 1.165) is 16.7 Å². The van der Waals surface area contributed by atoms with E-state index in [1.54, 1.807) is 28.8 Å². The SMILES string of the molecule is CCOc1ccc(NC(=O)[C@@H]2[C@H]3C(=O)N([C@@H](CO)Cc4ccccc4)C(C(=O)Nc4cc(C)ccc4C)C34CC[C@@]2(C)S4)cc1. The Balaban J connectivity index is 1.37. The molecule has 3 amide bonds. The van der Waals surface area contributed by atoms with Crippen LogP contribution in [-0.4, -0.2) is 62.5 Å². The summed E-state index contributed by atoms with van der Waals surface area (Å²) in [5.74, 6) is -1.39. The highest BCUT2D eigenvalue weighted by molar-refractivity contribution is 8.02. The van der Waals surface area contributed by atoms with E-state index in [4.69, 9.17) is 4.74 Å². The lowest BCUT2D eigenvalue weighted by Gasteiger charge is -2.37. The van der Waals surface area contributed by atoms with Crippen LogP contribution >= 0.6 is 11.8 Å². The molecule has 3 aliphatic heterocycles. The first kappa shape index (κ1) is 31.2. The molecule has 9 heteroatoms. The molecule has 2 unspecified atom stereocenters. The second-order valence-electron chi connectivity index (χ2n) is 12.8. The van der Waals surface area contributed by atoms with Crippen molar-refractivity contribution >= 4 is 40.9 Å². The zero-order chi connectivity index (χ0) is 31.9. The number of ether oxygens (including phenoxy) is 1. The summed E-state index contributed by atoms with van der Waals surface area (Å²) in [5.41, 5.74) is 4.21. The van der Waals surface area contributed by atoms with Crippen molar-refractivity contribution in [3.63, 3.8) is 0 Å². The van der Waals surface area contributed by atoms with Gasteiger partial charge in [0.1, 0.15) is 11.8 Å². The predicted octanol–water partition coefficient (Wildman–Crippen LogP) is 5.36. The normalized spacial score (nSPS) is 27.3. The van der Waals surface area contributed by atoms with E-state index in [9.17, 15) is 19.5 Å². The Hall–Kier alpha value is -3.82. The van der Waals surface area contributed by atoms with Gasteiger partial charge in [0.2, 0.25) is 17.7 Å². The number of thioether (sulfide) groups is 1. The highest BCUT2D eigenvalue weighted by atomic mass is 32.2. The highest BCUT2D eigenvalue weighted by Gasteiger charge is 2.77. The summed E-state index contributed by atoms with van der Waals surface area (Å²) in [4.78, 5) is 44.9. The number of nitrogens with zero attached hydrogens (tertiary/aromatic N) is 1. The third kappa shape index (κ3) is 5.50. The zero-order valence-corrected chi connectivity index (χ0v) is 27.0. The van der Waals surface area contributed by atoms with E-state index in [-0.39, 0.29) is 24.3 Å². The van der Waals surface area contributed by atoms with Crippen molar-refractivity contribution in [2.24, 2.45) is 11.8 Å². The first-order valence-corrected chi connectivity index (χ1v) is 16.5. The summed E-state index contributed by atoms with van der Waals surface area (Å²) in [6, 6.07) is 21.3. The minimum Gasteiger partial charge on any atom is -0.494 e. The lowest BCUT2D eigenvalue weighted by atomic mass is 9.66. The van der Waals surface area contributed by atoms with Crippen LogP contribution < -0.4 is 15.4 Å². The number of fused-ring (bicyclic) bond motifs is 1. The summed E-state index contributed by atoms with van der Waals surface area (Å²) in [7, 11) is 0. The van der Waals surface area contributed by atoms with E-state index in [1.165, 1.54) is 0 Å². The Morgan fingerprint density at radius 3 is 2.44 bits per heavy atom. The van der Waals surface area contributed by atoms with Gasteiger partial charge in [-0.25, -0.2) is 0 Å². The van der Waals surface area contributed by atoms with Gasteiger partial charge in [-0.2, -0.15) is 0 Å². The molecule has 3 aromatic rings. The van der Waals surface area contributed by atoms with Crippen molar-refractivity contribution in [3.8, 4) is 5.75 Å². The second-order valence-corrected chi connectivity index (χ2v) is 14.7. The van der Waals surface area contributed by atoms with Crippen LogP contribution in [0.15, 0.2) is 72.8 Å². The fraction of sp³-hybridized carbons (Fsp3) is 0.417. The van der Waals surface area contributed by atoms with Gasteiger partial charge in [-0.15, -0.1) is 11.8 Å². The Morgan fingerprint density at radius 1 is 1.02 bits per heavy atom. The first-order valence-electron chi connectivity index (χ1n) is 15.7. The Bertz CT molecular complexity index is 1600. The van der Waals surface area contributed by atoms with Crippen molar-refractivity contribution in [1.82, 2.24) is 4.90 Å². The van der Waals surface area contributed by atoms with E-state index in [1.807, 2.05) is 81.4 Å². The Morgan fingerprint density at radius 2 is 1.76 bits per heavy atom. The molecule has 1 spiro atoms. The van der Waals surface area contributed by atoms with Crippen LogP contribution in [0.25, 0.3) is 0 Å². The smallest absolute Gasteiger partial charge is 0.248 e. The van der Waals surface area contributed by atoms with Crippen LogP contribution in [0.4, 0.5) is 11.4 Å². The zero-order valence-electron chi connectivity index (χ0n) is 26.2. The van der Waals surface area contributed by atoms with Gasteiger partial charge >= 0.3 is 0 Å². The topological polar surface area (TPSA) is 108 Å². The van der Waals surface area contributed by atoms with Gasteiger partial charge < -0.3 is 25.4 Å². The number of nitrogens with one attached hydrogen (secondary N) is 2. The Kier molecular flexibility index (Phi) is 8.43. The van der Waals surface area contributed by atoms with Crippen LogP contribution in [0.1, 0.15) is 43.4 Å². The number of rotatable bonds is 10. The van der Waals surface area contributed by atoms with Crippen molar-refractivity contribution in [2.75, 3.05) is 23.8 Å². The molecule has 0 aliphatic carbocycles. The molecule has 0 aromatic heterocycles. The molecule has 3 N–H and O–H groups in total. The third-order valence-electron chi connectivity index (χ3n) is 9.75. The van der Waals surface area contributed by atoms with Crippen molar-refractivity contribution in [3.05, 3.63) is 89.5 Å². The Labute approximate surface area is 268 Å². The van der Waals surface area contributed by atoms with E-state index in [0.29, 0.717) is 43.0 Å². The number of hydrogen-bond acceptors (Lipinski definition) is 6. The van der Waals surface area contributed by atoms with Gasteiger partial charge in [-0.05, 0) is 94.0 Å². The molecule has 3 fully saturated rings. The number of carbonyl (C=O) groups excluding carboxylic acids is 3. The second kappa shape index (κ2) is 12.2. The number of aliphatic hydroxyl groups excluding tert-OH is 1. The number of carbonyl (C=O) groups is 3. The van der Waals surface area contributed by atoms with Crippen molar-refractivity contribution in [2.45, 2.75) is 68.5 Å². The maximum Gasteiger partial charge on any atom is 0.248 e. The first-order chi connectivity index (χ1) is 21.6. The summed E-state index contributed by atoms with van der Waals surface area (Å²) < 4.78 is 4.22. The number of likely N-dealkylation sites (tertiary alicyclic amines) is 1. The third-order valence-corrected chi connectivity index (χ3v) is 11.7. The molecule has 45 heavy (non-hydrogen) atoms. The van der Waals surface area contributed by atoms with Crippen LogP contribution in [0.5, 0.6) is 5.75 Å². The minimum atomic E-state index is -0.856. The summed E-state index contributed by atoms with van der Waals surface area (Å²) in [6.45, 7) is 8.12. The average molecular weight is 628 g/mol. The van der Waals surface area contributed by atoms with Crippen molar-refractivity contribution < 1.29 is 24.2 Å². The van der Waals surface area contributed by atoms with E-state index in [2.05, 4.69) is 17.6 Å². The van der Waals surface area contributed by atoms with Crippen LogP contribution in [0.3, 0.4) is 0 Å². The summed E-state index contributed by atoms with van der Waals surface area (Å²) in [5, 5.41) is 16.9. The average Bonchev–Trinajstić information content (AvgIpc) is 3.60. The fourth-order valence-electron chi connectivity index (χ4n) is 7.69. The lowest BCUT2D eigenvalue weighted by molar-refractivity contribution is -0.141. The predicted molar refractivity (Wildman–Crippen MR) is 177 cm³/mol. The van der Waals surface area contributed by atoms with Gasteiger partial charge in [0, 0.05) is 16.1 Å². The molecule has 3 aliphatic rings. The van der Waals surface area contributed by atoms with Gasteiger partial charge in [-0.1, -0.05) is 42.5 Å². The number of aryl methyl sites for hydroxylation is 2. The van der Waals surface area contributed by atoms with Gasteiger partial charge in [0.05, 0.1) is 35.8 Å². The van der Waals surface area contributed by atoms with Crippen LogP contribution in [-0.2, 0) is 20.8 Å². The van der Waals surface area contributed by atoms with E-state index >= 15 is 0 Å². The maximum absolute atomic E-state index is 14.7. The number of benzene rings is 3. The lowest BCUT2D eigenvalue weighted by Crippen LogP contribution is -2.55. The molecular weight excluding hydrogens is 586 g/mol. The number of anilines is 2. The fourth-order valence-corrected chi connectivity index (χ4v) is 10.0. The highest BCUT2D eigenvalue weighted by Crippen LogP contribution is 2.71. The monoisotopic (exact) mass is 627 g/mol. The molecule has 8 nitrogen and oxygen atoms in total. The van der Waals surface area contributed by atoms with Gasteiger partial charge in [0.25, 0.3) is 0 Å². The number of aliphatic hydroxyl groups is 1. The molecular formula is C36H41N3O5S. The maximum atomic E-state index is 14.7. The molecule has 6 rings (SSSR count). The molecule has 2 bridgehead atoms. The van der Waals surface area contributed by atoms with Gasteiger partial charge in [-0.3, -0.25) is 14.4 Å². The minimum absolute atomic E-state index is 0.228. The van der Waals surface area contributed by atoms with Crippen molar-refractivity contribution in [1.29, 1.82) is 0 Å². The number of amides is 3. The molecule has 6 atom stereocenters. The summed E-state index contributed by atoms with van der Waals surface area (Å²) in [6.07, 6.45) is 1.72. The quantitative estimate of drug-likeness (QED) is 0.279. The largest absolute Gasteiger partial charge is 0.494 e. The molecule has 3 aromatic carbocycles. The molecule has 3 heterocycles. The van der Waals surface area contributed by atoms with E-state index < -0.39 is 33.4 Å². The van der Waals surface area contributed by atoms with Crippen LogP contribution in [0, 0.1) is 25.7 Å². The number of hydrogen-bond donors (Lipinski definition) is 3. The standard InChI is InChI=1S/C36H41N3O5S/c1-5-44-27-15-13-25(14-16-27)37-32(41)29-30-34(43)39(26(21-40)20-24-9-7-6-8-10-24)31(36(30)18-17-35(29,4)45-36)33(42)38-28-19-22(2)11-12-23(28)3/h6-16,19,26,29-31,40H,5,17-18,20-21H2,1-4H3,(H,37,41)(H,38,42)/t26-,29+,30+,31?,35-,36?/m1/s1. The summed E-state index contributed by atoms with van der Waals surface area (Å²) >= 11 is 1.62. The van der Waals surface area contributed by atoms with Gasteiger partial charge in [0.15, 0.2) is 0 Å². The molecule has 3 saturated heterocycles. The van der Waals surface area contributed by atoms with Crippen LogP contribution in [0.2, 0.25) is 0 Å². The molecule has 0 radical (unpaired) electrons. The molecule has 236 valence electrons.